The first-order chi connectivity index (χ1) is 5.22. The molecule has 0 unspecified atom stereocenters. The molecule has 0 saturated heterocycles. The molecular formula is C7H13N2O2-. The molecule has 0 aromatic heterocycles. The number of nitrogens with two attached hydrogens (primary N) is 1. The second-order valence-corrected chi connectivity index (χ2v) is 2.97. The highest BCUT2D eigenvalue weighted by Gasteiger charge is 2.17. The fourth-order valence-corrected chi connectivity index (χ4v) is 1.51. The van der Waals surface area contributed by atoms with Gasteiger partial charge in [0.2, 0.25) is 0 Å². The van der Waals surface area contributed by atoms with Gasteiger partial charge in [0.1, 0.15) is 0 Å². The van der Waals surface area contributed by atoms with Gasteiger partial charge in [-0.15, -0.1) is 0 Å². The highest BCUT2D eigenvalue weighted by atomic mass is 16.4. The molecule has 0 bridgehead atoms. The quantitative estimate of drug-likeness (QED) is 0.326. The molecule has 1 fully saturated rings. The number of carbonyl (C=O) groups excluding carboxylic acids is 1. The van der Waals surface area contributed by atoms with Gasteiger partial charge in [0, 0.05) is 6.04 Å². The van der Waals surface area contributed by atoms with E-state index in [1.165, 1.54) is 6.42 Å². The van der Waals surface area contributed by atoms with Crippen molar-refractivity contribution >= 4 is 6.09 Å². The highest BCUT2D eigenvalue weighted by molar-refractivity contribution is 5.61. The summed E-state index contributed by atoms with van der Waals surface area (Å²) in [5, 5.41) is 11.1. The van der Waals surface area contributed by atoms with E-state index >= 15 is 0 Å². The Morgan fingerprint density at radius 2 is 1.91 bits per heavy atom. The van der Waals surface area contributed by atoms with Crippen LogP contribution in [-0.4, -0.2) is 17.1 Å². The molecule has 4 heteroatoms. The Morgan fingerprint density at radius 3 is 2.36 bits per heavy atom. The summed E-state index contributed by atoms with van der Waals surface area (Å²) in [5.41, 5.74) is 0. The predicted octanol–water partition coefficient (Wildman–Crippen LogP) is -0.162. The maximum absolute atomic E-state index is 10.3. The van der Waals surface area contributed by atoms with Crippen molar-refractivity contribution in [1.82, 2.24) is 5.01 Å². The molecule has 4 nitrogen and oxygen atoms in total. The Labute approximate surface area is 65.9 Å². The van der Waals surface area contributed by atoms with E-state index in [0.29, 0.717) is 0 Å². The van der Waals surface area contributed by atoms with E-state index in [-0.39, 0.29) is 6.04 Å². The van der Waals surface area contributed by atoms with E-state index in [4.69, 9.17) is 5.84 Å². The molecule has 64 valence electrons. The van der Waals surface area contributed by atoms with E-state index in [1.54, 1.807) is 0 Å². The summed E-state index contributed by atoms with van der Waals surface area (Å²) in [6, 6.07) is -0.00579. The van der Waals surface area contributed by atoms with Crippen molar-refractivity contribution in [2.75, 3.05) is 0 Å². The topological polar surface area (TPSA) is 69.4 Å². The van der Waals surface area contributed by atoms with Gasteiger partial charge in [0.25, 0.3) is 0 Å². The van der Waals surface area contributed by atoms with Crippen LogP contribution >= 0.6 is 0 Å². The van der Waals surface area contributed by atoms with Crippen molar-refractivity contribution in [1.29, 1.82) is 0 Å². The van der Waals surface area contributed by atoms with Gasteiger partial charge in [-0.05, 0) is 12.8 Å². The van der Waals surface area contributed by atoms with Crippen LogP contribution in [0.3, 0.4) is 0 Å². The van der Waals surface area contributed by atoms with Gasteiger partial charge in [0.05, 0.1) is 0 Å². The lowest BCUT2D eigenvalue weighted by Gasteiger charge is -2.31. The number of hydrazine groups is 1. The van der Waals surface area contributed by atoms with E-state index in [9.17, 15) is 9.90 Å². The highest BCUT2D eigenvalue weighted by Crippen LogP contribution is 2.20. The van der Waals surface area contributed by atoms with Gasteiger partial charge >= 0.3 is 0 Å². The average molecular weight is 157 g/mol. The van der Waals surface area contributed by atoms with Crippen molar-refractivity contribution < 1.29 is 9.90 Å². The van der Waals surface area contributed by atoms with Crippen molar-refractivity contribution in [3.05, 3.63) is 0 Å². The van der Waals surface area contributed by atoms with E-state index < -0.39 is 6.09 Å². The SMILES string of the molecule is NN(C(=O)[O-])C1CCCCC1. The lowest BCUT2D eigenvalue weighted by Crippen LogP contribution is -2.52. The maximum atomic E-state index is 10.3. The molecular weight excluding hydrogens is 144 g/mol. The molecule has 2 N–H and O–H groups in total. The summed E-state index contributed by atoms with van der Waals surface area (Å²) in [6.07, 6.45) is 3.83. The molecule has 0 aliphatic heterocycles. The second-order valence-electron chi connectivity index (χ2n) is 2.97. The van der Waals surface area contributed by atoms with Crippen LogP contribution in [0, 0.1) is 0 Å². The lowest BCUT2D eigenvalue weighted by atomic mass is 9.95. The zero-order valence-corrected chi connectivity index (χ0v) is 6.45. The van der Waals surface area contributed by atoms with Crippen molar-refractivity contribution in [3.8, 4) is 0 Å². The second kappa shape index (κ2) is 3.57. The van der Waals surface area contributed by atoms with Gasteiger partial charge in [-0.25, -0.2) is 5.84 Å². The van der Waals surface area contributed by atoms with Crippen LogP contribution in [0.1, 0.15) is 32.1 Å². The van der Waals surface area contributed by atoms with Gasteiger partial charge in [-0.2, -0.15) is 0 Å². The normalized spacial score (nSPS) is 19.7. The van der Waals surface area contributed by atoms with Gasteiger partial charge in [0.15, 0.2) is 6.09 Å². The van der Waals surface area contributed by atoms with E-state index in [2.05, 4.69) is 0 Å². The fraction of sp³-hybridized carbons (Fsp3) is 0.857. The molecule has 1 saturated carbocycles. The van der Waals surface area contributed by atoms with E-state index in [0.717, 1.165) is 30.7 Å². The Kier molecular flexibility index (Phi) is 2.70. The van der Waals surface area contributed by atoms with Crippen molar-refractivity contribution in [3.63, 3.8) is 0 Å². The third kappa shape index (κ3) is 2.08. The van der Waals surface area contributed by atoms with Gasteiger partial charge in [-0.3, -0.25) is 5.01 Å². The van der Waals surface area contributed by atoms with Crippen LogP contribution in [0.25, 0.3) is 0 Å². The molecule has 1 amide bonds. The zero-order valence-electron chi connectivity index (χ0n) is 6.45. The molecule has 0 radical (unpaired) electrons. The average Bonchev–Trinajstić information content (AvgIpc) is 2.05. The lowest BCUT2D eigenvalue weighted by molar-refractivity contribution is -0.269. The first kappa shape index (κ1) is 8.33. The van der Waals surface area contributed by atoms with Crippen LogP contribution in [0.15, 0.2) is 0 Å². The Bertz CT molecular complexity index is 143. The van der Waals surface area contributed by atoms with Gasteiger partial charge in [-0.1, -0.05) is 19.3 Å². The summed E-state index contributed by atoms with van der Waals surface area (Å²) in [7, 11) is 0. The maximum Gasteiger partial charge on any atom is 0.152 e. The Hall–Kier alpha value is -0.770. The van der Waals surface area contributed by atoms with Crippen molar-refractivity contribution in [2.24, 2.45) is 5.84 Å². The molecule has 11 heavy (non-hydrogen) atoms. The molecule has 0 aromatic rings. The van der Waals surface area contributed by atoms with Crippen LogP contribution < -0.4 is 10.9 Å². The van der Waals surface area contributed by atoms with Crippen molar-refractivity contribution in [2.45, 2.75) is 38.1 Å². The largest absolute Gasteiger partial charge is 0.529 e. The number of rotatable bonds is 1. The zero-order chi connectivity index (χ0) is 8.27. The number of nitrogens with zero attached hydrogens (tertiary/aromatic N) is 1. The number of hydrogen-bond acceptors (Lipinski definition) is 3. The smallest absolute Gasteiger partial charge is 0.152 e. The van der Waals surface area contributed by atoms with Crippen LogP contribution in [-0.2, 0) is 0 Å². The number of amides is 1. The predicted molar refractivity (Wildman–Crippen MR) is 38.3 cm³/mol. The van der Waals surface area contributed by atoms with Crippen LogP contribution in [0.2, 0.25) is 0 Å². The number of hydrogen-bond donors (Lipinski definition) is 1. The molecule has 1 rings (SSSR count). The summed E-state index contributed by atoms with van der Waals surface area (Å²) < 4.78 is 0. The van der Waals surface area contributed by atoms with Crippen LogP contribution in [0.4, 0.5) is 4.79 Å². The first-order valence-electron chi connectivity index (χ1n) is 3.96. The molecule has 1 aliphatic rings. The molecule has 0 spiro atoms. The van der Waals surface area contributed by atoms with Gasteiger partial charge < -0.3 is 9.90 Å². The fourth-order valence-electron chi connectivity index (χ4n) is 1.51. The molecule has 0 aromatic carbocycles. The number of carbonyl (C=O) groups is 1. The molecule has 0 heterocycles. The molecule has 1 aliphatic carbocycles. The monoisotopic (exact) mass is 157 g/mol. The Balaban J connectivity index is 2.38. The minimum atomic E-state index is -1.27. The third-order valence-electron chi connectivity index (χ3n) is 2.18. The minimum absolute atomic E-state index is 0.00579. The summed E-state index contributed by atoms with van der Waals surface area (Å²) in [5.74, 6) is 5.26. The number of carboxylic acid groups (broad SMARTS) is 1. The van der Waals surface area contributed by atoms with E-state index in [1.807, 2.05) is 0 Å². The summed E-state index contributed by atoms with van der Waals surface area (Å²) >= 11 is 0. The summed E-state index contributed by atoms with van der Waals surface area (Å²) in [6.45, 7) is 0. The minimum Gasteiger partial charge on any atom is -0.529 e. The van der Waals surface area contributed by atoms with Crippen LogP contribution in [0.5, 0.6) is 0 Å². The first-order valence-corrected chi connectivity index (χ1v) is 3.96. The third-order valence-corrected chi connectivity index (χ3v) is 2.18. The standard InChI is InChI=1S/C7H14N2O2/c8-9(7(10)11)6-4-2-1-3-5-6/h6H,1-5,8H2,(H,10,11)/p-1. The Morgan fingerprint density at radius 1 is 1.36 bits per heavy atom. The molecule has 0 atom stereocenters. The summed E-state index contributed by atoms with van der Waals surface area (Å²) in [4.78, 5) is 10.3.